The van der Waals surface area contributed by atoms with Crippen molar-refractivity contribution in [2.75, 3.05) is 4.90 Å². The summed E-state index contributed by atoms with van der Waals surface area (Å²) in [5.41, 5.74) is 9.39. The Hall–Kier alpha value is -1.87. The third kappa shape index (κ3) is 2.22. The summed E-state index contributed by atoms with van der Waals surface area (Å²) in [6, 6.07) is 13.2. The molecule has 1 aromatic carbocycles. The van der Waals surface area contributed by atoms with Gasteiger partial charge in [-0.25, -0.2) is 4.98 Å². The molecule has 0 fully saturated rings. The van der Waals surface area contributed by atoms with E-state index in [0.717, 1.165) is 24.2 Å². The van der Waals surface area contributed by atoms with Gasteiger partial charge in [0.05, 0.1) is 0 Å². The van der Waals surface area contributed by atoms with Crippen molar-refractivity contribution in [1.29, 1.82) is 0 Å². The summed E-state index contributed by atoms with van der Waals surface area (Å²) in [5.74, 6) is 1.01. The molecule has 2 heterocycles. The lowest BCUT2D eigenvalue weighted by Gasteiger charge is -2.36. The molecule has 3 nitrogen and oxygen atoms in total. The van der Waals surface area contributed by atoms with Gasteiger partial charge < -0.3 is 10.6 Å². The van der Waals surface area contributed by atoms with E-state index >= 15 is 0 Å². The molecule has 3 heteroatoms. The summed E-state index contributed by atoms with van der Waals surface area (Å²) in [6.07, 6.45) is 4.19. The van der Waals surface area contributed by atoms with Crippen molar-refractivity contribution in [2.24, 2.45) is 5.73 Å². The van der Waals surface area contributed by atoms with Crippen LogP contribution in [-0.2, 0) is 13.0 Å². The molecular formula is C16H19N3. The molecule has 2 N–H and O–H groups in total. The summed E-state index contributed by atoms with van der Waals surface area (Å²) in [6.45, 7) is 2.80. The first kappa shape index (κ1) is 12.2. The monoisotopic (exact) mass is 253 g/mol. The Bertz CT molecular complexity index is 562. The highest BCUT2D eigenvalue weighted by Crippen LogP contribution is 2.35. The van der Waals surface area contributed by atoms with Gasteiger partial charge >= 0.3 is 0 Å². The lowest BCUT2D eigenvalue weighted by Crippen LogP contribution is -2.33. The molecular weight excluding hydrogens is 234 g/mol. The first-order chi connectivity index (χ1) is 9.29. The van der Waals surface area contributed by atoms with Crippen molar-refractivity contribution >= 4 is 11.5 Å². The topological polar surface area (TPSA) is 42.1 Å². The molecule has 0 aliphatic carbocycles. The van der Waals surface area contributed by atoms with Gasteiger partial charge in [-0.3, -0.25) is 0 Å². The number of anilines is 2. The van der Waals surface area contributed by atoms with Crippen LogP contribution in [0.2, 0.25) is 0 Å². The number of benzene rings is 1. The molecule has 0 bridgehead atoms. The normalized spacial score (nSPS) is 18.2. The summed E-state index contributed by atoms with van der Waals surface area (Å²) in [5, 5.41) is 0. The van der Waals surface area contributed by atoms with E-state index in [1.54, 1.807) is 0 Å². The highest BCUT2D eigenvalue weighted by atomic mass is 15.2. The number of hydrogen-bond acceptors (Lipinski definition) is 3. The van der Waals surface area contributed by atoms with Gasteiger partial charge in [-0.15, -0.1) is 0 Å². The van der Waals surface area contributed by atoms with Crippen molar-refractivity contribution in [3.63, 3.8) is 0 Å². The summed E-state index contributed by atoms with van der Waals surface area (Å²) in [7, 11) is 0. The van der Waals surface area contributed by atoms with E-state index in [1.807, 2.05) is 6.20 Å². The average molecular weight is 253 g/mol. The van der Waals surface area contributed by atoms with Crippen LogP contribution in [0.15, 0.2) is 42.6 Å². The lowest BCUT2D eigenvalue weighted by molar-refractivity contribution is 0.613. The second-order valence-corrected chi connectivity index (χ2v) is 5.12. The Morgan fingerprint density at radius 2 is 2.11 bits per heavy atom. The molecule has 1 aromatic heterocycles. The number of para-hydroxylation sites is 1. The molecule has 1 unspecified atom stereocenters. The number of aryl methyl sites for hydroxylation is 1. The minimum absolute atomic E-state index is 0.478. The molecule has 3 rings (SSSR count). The van der Waals surface area contributed by atoms with E-state index in [-0.39, 0.29) is 0 Å². The summed E-state index contributed by atoms with van der Waals surface area (Å²) in [4.78, 5) is 6.90. The third-order valence-electron chi connectivity index (χ3n) is 3.82. The van der Waals surface area contributed by atoms with E-state index in [4.69, 9.17) is 5.73 Å². The van der Waals surface area contributed by atoms with Crippen molar-refractivity contribution in [1.82, 2.24) is 4.98 Å². The van der Waals surface area contributed by atoms with E-state index in [0.29, 0.717) is 12.6 Å². The zero-order valence-electron chi connectivity index (χ0n) is 11.2. The molecule has 1 aliphatic heterocycles. The van der Waals surface area contributed by atoms with Gasteiger partial charge in [0.2, 0.25) is 0 Å². The Balaban J connectivity index is 2.02. The van der Waals surface area contributed by atoms with Crippen LogP contribution < -0.4 is 10.6 Å². The van der Waals surface area contributed by atoms with Crippen molar-refractivity contribution < 1.29 is 0 Å². The van der Waals surface area contributed by atoms with Gasteiger partial charge in [-0.05, 0) is 43.0 Å². The van der Waals surface area contributed by atoms with Crippen LogP contribution in [0.3, 0.4) is 0 Å². The molecule has 0 amide bonds. The number of hydrogen-bond donors (Lipinski definition) is 1. The van der Waals surface area contributed by atoms with Gasteiger partial charge in [0.25, 0.3) is 0 Å². The fourth-order valence-corrected chi connectivity index (χ4v) is 2.72. The van der Waals surface area contributed by atoms with Gasteiger partial charge in [0.1, 0.15) is 5.82 Å². The zero-order valence-corrected chi connectivity index (χ0v) is 11.2. The molecule has 19 heavy (non-hydrogen) atoms. The van der Waals surface area contributed by atoms with Gasteiger partial charge in [-0.2, -0.15) is 0 Å². The van der Waals surface area contributed by atoms with E-state index < -0.39 is 0 Å². The van der Waals surface area contributed by atoms with Crippen LogP contribution in [-0.4, -0.2) is 11.0 Å². The highest BCUT2D eigenvalue weighted by molar-refractivity contribution is 5.66. The number of rotatable bonds is 2. The summed E-state index contributed by atoms with van der Waals surface area (Å²) < 4.78 is 0. The Morgan fingerprint density at radius 3 is 2.84 bits per heavy atom. The maximum Gasteiger partial charge on any atom is 0.133 e. The fourth-order valence-electron chi connectivity index (χ4n) is 2.72. The predicted octanol–water partition coefficient (Wildman–Crippen LogP) is 3.01. The largest absolute Gasteiger partial charge is 0.326 e. The lowest BCUT2D eigenvalue weighted by atomic mass is 9.96. The second-order valence-electron chi connectivity index (χ2n) is 5.12. The van der Waals surface area contributed by atoms with E-state index in [2.05, 4.69) is 53.2 Å². The maximum absolute atomic E-state index is 5.63. The molecule has 0 saturated carbocycles. The van der Waals surface area contributed by atoms with Crippen LogP contribution in [0, 0.1) is 0 Å². The maximum atomic E-state index is 5.63. The van der Waals surface area contributed by atoms with Crippen molar-refractivity contribution in [3.8, 4) is 0 Å². The minimum atomic E-state index is 0.478. The smallest absolute Gasteiger partial charge is 0.133 e. The van der Waals surface area contributed by atoms with Crippen molar-refractivity contribution in [3.05, 3.63) is 53.7 Å². The first-order valence-electron chi connectivity index (χ1n) is 6.81. The van der Waals surface area contributed by atoms with Crippen LogP contribution in [0.5, 0.6) is 0 Å². The predicted molar refractivity (Wildman–Crippen MR) is 78.5 cm³/mol. The molecule has 98 valence electrons. The fraction of sp³-hybridized carbons (Fsp3) is 0.312. The SMILES string of the molecule is CC1CCc2ccccc2N1c1ccc(CN)cn1. The van der Waals surface area contributed by atoms with E-state index in [1.165, 1.54) is 11.3 Å². The van der Waals surface area contributed by atoms with Crippen LogP contribution in [0.25, 0.3) is 0 Å². The second kappa shape index (κ2) is 5.02. The standard InChI is InChI=1S/C16H19N3/c1-12-6-8-14-4-2-3-5-15(14)19(12)16-9-7-13(10-17)11-18-16/h2-5,7,9,11-12H,6,8,10,17H2,1H3. The number of pyridine rings is 1. The summed E-state index contributed by atoms with van der Waals surface area (Å²) >= 11 is 0. The zero-order chi connectivity index (χ0) is 13.2. The van der Waals surface area contributed by atoms with Gasteiger partial charge in [0.15, 0.2) is 0 Å². The number of nitrogens with two attached hydrogens (primary N) is 1. The number of aromatic nitrogens is 1. The van der Waals surface area contributed by atoms with Crippen LogP contribution in [0.4, 0.5) is 11.5 Å². The first-order valence-corrected chi connectivity index (χ1v) is 6.81. The van der Waals surface area contributed by atoms with Crippen LogP contribution >= 0.6 is 0 Å². The third-order valence-corrected chi connectivity index (χ3v) is 3.82. The molecule has 1 aliphatic rings. The molecule has 1 atom stereocenters. The van der Waals surface area contributed by atoms with Crippen LogP contribution in [0.1, 0.15) is 24.5 Å². The Kier molecular flexibility index (Phi) is 3.22. The van der Waals surface area contributed by atoms with Crippen molar-refractivity contribution in [2.45, 2.75) is 32.4 Å². The average Bonchev–Trinajstić information content (AvgIpc) is 2.47. The quantitative estimate of drug-likeness (QED) is 0.894. The molecule has 0 spiro atoms. The van der Waals surface area contributed by atoms with E-state index in [9.17, 15) is 0 Å². The Morgan fingerprint density at radius 1 is 1.26 bits per heavy atom. The molecule has 2 aromatic rings. The molecule has 0 radical (unpaired) electrons. The Labute approximate surface area is 114 Å². The van der Waals surface area contributed by atoms with Gasteiger partial charge in [0, 0.05) is 24.5 Å². The molecule has 0 saturated heterocycles. The number of nitrogens with zero attached hydrogens (tertiary/aromatic N) is 2. The highest BCUT2D eigenvalue weighted by Gasteiger charge is 2.24. The number of fused-ring (bicyclic) bond motifs is 1. The van der Waals surface area contributed by atoms with Gasteiger partial charge in [-0.1, -0.05) is 24.3 Å². The minimum Gasteiger partial charge on any atom is -0.326 e.